The highest BCUT2D eigenvalue weighted by Crippen LogP contribution is 2.25. The minimum atomic E-state index is -0.694. The van der Waals surface area contributed by atoms with Crippen LogP contribution in [0.15, 0.2) is 67.0 Å². The second kappa shape index (κ2) is 9.58. The largest absolute Gasteiger partial charge is 0.394 e. The molecule has 4 N–H and O–H groups in total. The van der Waals surface area contributed by atoms with Crippen molar-refractivity contribution in [3.63, 3.8) is 0 Å². The molecule has 0 saturated heterocycles. The number of benzene rings is 2. The van der Waals surface area contributed by atoms with E-state index < -0.39 is 6.10 Å². The Morgan fingerprint density at radius 2 is 1.81 bits per heavy atom. The van der Waals surface area contributed by atoms with Gasteiger partial charge in [0.1, 0.15) is 11.9 Å². The smallest absolute Gasteiger partial charge is 0.137 e. The van der Waals surface area contributed by atoms with Gasteiger partial charge in [-0.15, -0.1) is 0 Å². The van der Waals surface area contributed by atoms with Crippen LogP contribution in [-0.2, 0) is 11.3 Å². The van der Waals surface area contributed by atoms with Crippen LogP contribution in [0.4, 0.5) is 0 Å². The molecule has 0 aliphatic heterocycles. The Kier molecular flexibility index (Phi) is 6.63. The molecule has 0 amide bonds. The van der Waals surface area contributed by atoms with Gasteiger partial charge in [-0.25, -0.2) is 4.98 Å². The summed E-state index contributed by atoms with van der Waals surface area (Å²) < 4.78 is 7.53. The summed E-state index contributed by atoms with van der Waals surface area (Å²) >= 11 is 0. The predicted octanol–water partition coefficient (Wildman–Crippen LogP) is 3.47. The van der Waals surface area contributed by atoms with Crippen molar-refractivity contribution in [2.45, 2.75) is 44.2 Å². The van der Waals surface area contributed by atoms with E-state index in [1.54, 1.807) is 23.9 Å². The maximum atomic E-state index is 9.85. The van der Waals surface area contributed by atoms with Crippen molar-refractivity contribution in [3.8, 4) is 11.1 Å². The average Bonchev–Trinajstić information content (AvgIpc) is 3.27. The summed E-state index contributed by atoms with van der Waals surface area (Å²) in [6.45, 7) is 2.19. The Labute approximate surface area is 182 Å². The third kappa shape index (κ3) is 5.29. The predicted molar refractivity (Wildman–Crippen MR) is 121 cm³/mol. The molecule has 2 aromatic carbocycles. The van der Waals surface area contributed by atoms with E-state index >= 15 is 0 Å². The van der Waals surface area contributed by atoms with Gasteiger partial charge in [0.2, 0.25) is 0 Å². The number of nitrogens with two attached hydrogens (primary N) is 1. The number of aliphatic hydroxyl groups is 2. The fourth-order valence-corrected chi connectivity index (χ4v) is 3.56. The number of aliphatic hydroxyl groups excluding tert-OH is 2. The van der Waals surface area contributed by atoms with Crippen LogP contribution in [0.2, 0.25) is 0 Å². The lowest BCUT2D eigenvalue weighted by Crippen LogP contribution is -2.14. The van der Waals surface area contributed by atoms with Crippen LogP contribution in [0.25, 0.3) is 17.2 Å². The van der Waals surface area contributed by atoms with Crippen LogP contribution in [0.3, 0.4) is 0 Å². The molecule has 162 valence electrons. The maximum Gasteiger partial charge on any atom is 0.137 e. The van der Waals surface area contributed by atoms with E-state index in [1.807, 2.05) is 12.2 Å². The first-order valence-corrected chi connectivity index (χ1v) is 10.6. The molecule has 1 aliphatic rings. The molecular formula is C25H29N3O3. The Bertz CT molecular complexity index is 1010. The van der Waals surface area contributed by atoms with Crippen molar-refractivity contribution in [1.29, 1.82) is 0 Å². The van der Waals surface area contributed by atoms with Gasteiger partial charge in [-0.3, -0.25) is 0 Å². The first-order valence-electron chi connectivity index (χ1n) is 10.6. The fraction of sp³-hybridized carbons (Fsp3) is 0.320. The molecule has 0 radical (unpaired) electrons. The fourth-order valence-electron chi connectivity index (χ4n) is 3.56. The molecule has 1 fully saturated rings. The SMILES string of the molecule is C[C@H](O)c1nccn1[C@@H](/C=C/c1ccc(-c2ccc(COC3CC3N)cc2)cc1)CO. The van der Waals surface area contributed by atoms with Crippen molar-refractivity contribution in [2.24, 2.45) is 5.73 Å². The molecule has 6 heteroatoms. The average molecular weight is 420 g/mol. The monoisotopic (exact) mass is 419 g/mol. The van der Waals surface area contributed by atoms with E-state index in [1.165, 1.54) is 0 Å². The number of ether oxygens (including phenoxy) is 1. The van der Waals surface area contributed by atoms with E-state index in [-0.39, 0.29) is 24.8 Å². The molecule has 1 aliphatic carbocycles. The number of hydrogen-bond donors (Lipinski definition) is 3. The highest BCUT2D eigenvalue weighted by atomic mass is 16.5. The second-order valence-electron chi connectivity index (χ2n) is 8.05. The zero-order chi connectivity index (χ0) is 21.8. The number of nitrogens with zero attached hydrogens (tertiary/aromatic N) is 2. The standard InChI is InChI=1S/C25H29N3O3/c1-17(30)25-27-12-13-28(25)22(15-29)11-6-18-2-7-20(8-3-18)21-9-4-19(5-10-21)16-31-24-14-23(24)26/h2-13,17,22-24,29-30H,14-16,26H2,1H3/b11-6+/t17-,22-,23?,24?/m0/s1. The van der Waals surface area contributed by atoms with Crippen molar-refractivity contribution >= 4 is 6.08 Å². The van der Waals surface area contributed by atoms with Gasteiger partial charge in [-0.05, 0) is 35.6 Å². The number of aromatic nitrogens is 2. The topological polar surface area (TPSA) is 93.5 Å². The zero-order valence-corrected chi connectivity index (χ0v) is 17.6. The van der Waals surface area contributed by atoms with Gasteiger partial charge in [0.15, 0.2) is 0 Å². The summed E-state index contributed by atoms with van der Waals surface area (Å²) in [5.74, 6) is 0.535. The summed E-state index contributed by atoms with van der Waals surface area (Å²) in [6.07, 6.45) is 7.78. The van der Waals surface area contributed by atoms with Crippen LogP contribution < -0.4 is 5.73 Å². The molecular weight excluding hydrogens is 390 g/mol. The van der Waals surface area contributed by atoms with Crippen molar-refractivity contribution in [3.05, 3.63) is 84.0 Å². The van der Waals surface area contributed by atoms with Crippen LogP contribution in [-0.4, -0.2) is 38.5 Å². The Morgan fingerprint density at radius 1 is 1.16 bits per heavy atom. The molecule has 31 heavy (non-hydrogen) atoms. The number of imidazole rings is 1. The van der Waals surface area contributed by atoms with Gasteiger partial charge < -0.3 is 25.3 Å². The minimum Gasteiger partial charge on any atom is -0.394 e. The maximum absolute atomic E-state index is 9.85. The molecule has 1 saturated carbocycles. The van der Waals surface area contributed by atoms with Crippen LogP contribution in [0, 0.1) is 0 Å². The molecule has 0 spiro atoms. The van der Waals surface area contributed by atoms with E-state index in [4.69, 9.17) is 10.5 Å². The van der Waals surface area contributed by atoms with Gasteiger partial charge in [-0.2, -0.15) is 0 Å². The second-order valence-corrected chi connectivity index (χ2v) is 8.05. The van der Waals surface area contributed by atoms with Crippen molar-refractivity contribution in [2.75, 3.05) is 6.61 Å². The highest BCUT2D eigenvalue weighted by molar-refractivity contribution is 5.66. The third-order valence-corrected chi connectivity index (χ3v) is 5.57. The quantitative estimate of drug-likeness (QED) is 0.494. The first kappa shape index (κ1) is 21.5. The van der Waals surface area contributed by atoms with E-state index in [2.05, 4.69) is 53.5 Å². The number of rotatable bonds is 9. The molecule has 1 heterocycles. The van der Waals surface area contributed by atoms with Crippen LogP contribution in [0.5, 0.6) is 0 Å². The molecule has 2 unspecified atom stereocenters. The molecule has 6 nitrogen and oxygen atoms in total. The summed E-state index contributed by atoms with van der Waals surface area (Å²) in [5.41, 5.74) is 10.2. The first-order chi connectivity index (χ1) is 15.0. The van der Waals surface area contributed by atoms with Crippen LogP contribution in [0.1, 0.15) is 42.4 Å². The molecule has 0 bridgehead atoms. The summed E-state index contributed by atoms with van der Waals surface area (Å²) in [5, 5.41) is 19.6. The molecule has 4 atom stereocenters. The Hall–Kier alpha value is -2.77. The summed E-state index contributed by atoms with van der Waals surface area (Å²) in [7, 11) is 0. The Morgan fingerprint density at radius 3 is 2.39 bits per heavy atom. The number of hydrogen-bond acceptors (Lipinski definition) is 5. The van der Waals surface area contributed by atoms with E-state index in [0.29, 0.717) is 12.4 Å². The van der Waals surface area contributed by atoms with Crippen LogP contribution >= 0.6 is 0 Å². The molecule has 3 aromatic rings. The normalized spacial score (nSPS) is 20.1. The molecule has 1 aromatic heterocycles. The zero-order valence-electron chi connectivity index (χ0n) is 17.6. The summed E-state index contributed by atoms with van der Waals surface area (Å²) in [6, 6.07) is 16.6. The van der Waals surface area contributed by atoms with Crippen molar-refractivity contribution < 1.29 is 14.9 Å². The van der Waals surface area contributed by atoms with Gasteiger partial charge in [0.25, 0.3) is 0 Å². The Balaban J connectivity index is 1.39. The lowest BCUT2D eigenvalue weighted by atomic mass is 10.0. The van der Waals surface area contributed by atoms with Crippen molar-refractivity contribution in [1.82, 2.24) is 9.55 Å². The van der Waals surface area contributed by atoms with Gasteiger partial charge in [-0.1, -0.05) is 60.7 Å². The van der Waals surface area contributed by atoms with Gasteiger partial charge in [0, 0.05) is 18.4 Å². The molecule has 4 rings (SSSR count). The lowest BCUT2D eigenvalue weighted by Gasteiger charge is -2.16. The third-order valence-electron chi connectivity index (χ3n) is 5.57. The minimum absolute atomic E-state index is 0.0760. The highest BCUT2D eigenvalue weighted by Gasteiger charge is 2.34. The summed E-state index contributed by atoms with van der Waals surface area (Å²) in [4.78, 5) is 4.17. The van der Waals surface area contributed by atoms with Gasteiger partial charge >= 0.3 is 0 Å². The van der Waals surface area contributed by atoms with E-state index in [0.717, 1.165) is 28.7 Å². The lowest BCUT2D eigenvalue weighted by molar-refractivity contribution is 0.102. The van der Waals surface area contributed by atoms with Gasteiger partial charge in [0.05, 0.1) is 25.4 Å². The van der Waals surface area contributed by atoms with E-state index in [9.17, 15) is 10.2 Å².